The summed E-state index contributed by atoms with van der Waals surface area (Å²) in [5, 5.41) is 0. The predicted molar refractivity (Wildman–Crippen MR) is 61.7 cm³/mol. The summed E-state index contributed by atoms with van der Waals surface area (Å²) in [5.74, 6) is 6.92. The first kappa shape index (κ1) is 9.58. The highest BCUT2D eigenvalue weighted by molar-refractivity contribution is 5.71. The third-order valence-electron chi connectivity index (χ3n) is 2.42. The van der Waals surface area contributed by atoms with E-state index in [1.54, 1.807) is 0 Å². The maximum absolute atomic E-state index is 5.86. The van der Waals surface area contributed by atoms with Gasteiger partial charge in [0.2, 0.25) is 0 Å². The molecule has 4 nitrogen and oxygen atoms in total. The molecule has 0 saturated carbocycles. The van der Waals surface area contributed by atoms with Gasteiger partial charge in [0.1, 0.15) is 11.5 Å². The summed E-state index contributed by atoms with van der Waals surface area (Å²) in [7, 11) is 0. The normalized spacial score (nSPS) is 10.5. The van der Waals surface area contributed by atoms with Crippen molar-refractivity contribution >= 4 is 5.82 Å². The van der Waals surface area contributed by atoms with E-state index >= 15 is 0 Å². The highest BCUT2D eigenvalue weighted by Crippen LogP contribution is 2.24. The van der Waals surface area contributed by atoms with Crippen LogP contribution in [-0.2, 0) is 0 Å². The number of imidazole rings is 1. The van der Waals surface area contributed by atoms with E-state index in [0.29, 0.717) is 11.6 Å². The SMILES string of the molecule is Cc1cccc(-c2nc(C)n(N)c2N)c1. The Kier molecular flexibility index (Phi) is 2.11. The van der Waals surface area contributed by atoms with Crippen LogP contribution in [0.4, 0.5) is 5.82 Å². The van der Waals surface area contributed by atoms with Gasteiger partial charge < -0.3 is 11.6 Å². The fourth-order valence-corrected chi connectivity index (χ4v) is 1.57. The van der Waals surface area contributed by atoms with E-state index in [1.807, 2.05) is 38.1 Å². The quantitative estimate of drug-likeness (QED) is 0.688. The predicted octanol–water partition coefficient (Wildman–Crippen LogP) is 1.46. The summed E-state index contributed by atoms with van der Waals surface area (Å²) in [4.78, 5) is 4.33. The topological polar surface area (TPSA) is 69.9 Å². The minimum Gasteiger partial charge on any atom is -0.382 e. The Hall–Kier alpha value is -1.97. The Bertz CT molecular complexity index is 499. The van der Waals surface area contributed by atoms with E-state index in [4.69, 9.17) is 11.6 Å². The van der Waals surface area contributed by atoms with E-state index in [2.05, 4.69) is 4.98 Å². The van der Waals surface area contributed by atoms with E-state index in [1.165, 1.54) is 10.2 Å². The third kappa shape index (κ3) is 1.54. The molecule has 0 unspecified atom stereocenters. The largest absolute Gasteiger partial charge is 0.382 e. The van der Waals surface area contributed by atoms with Gasteiger partial charge >= 0.3 is 0 Å². The lowest BCUT2D eigenvalue weighted by Gasteiger charge is -2.01. The van der Waals surface area contributed by atoms with Crippen molar-refractivity contribution in [1.29, 1.82) is 0 Å². The molecule has 0 radical (unpaired) electrons. The molecule has 0 bridgehead atoms. The molecule has 4 N–H and O–H groups in total. The number of nitrogens with two attached hydrogens (primary N) is 2. The van der Waals surface area contributed by atoms with Crippen molar-refractivity contribution in [2.45, 2.75) is 13.8 Å². The molecule has 0 aliphatic carbocycles. The van der Waals surface area contributed by atoms with Crippen LogP contribution in [0, 0.1) is 13.8 Å². The minimum atomic E-state index is 0.498. The number of aryl methyl sites for hydroxylation is 2. The second-order valence-electron chi connectivity index (χ2n) is 3.63. The van der Waals surface area contributed by atoms with Gasteiger partial charge in [-0.2, -0.15) is 0 Å². The highest BCUT2D eigenvalue weighted by atomic mass is 15.4. The number of anilines is 1. The van der Waals surface area contributed by atoms with Crippen molar-refractivity contribution in [3.05, 3.63) is 35.7 Å². The monoisotopic (exact) mass is 202 g/mol. The molecule has 0 atom stereocenters. The molecule has 78 valence electrons. The van der Waals surface area contributed by atoms with Crippen molar-refractivity contribution in [2.75, 3.05) is 11.6 Å². The molecule has 1 aromatic carbocycles. The number of aromatic nitrogens is 2. The van der Waals surface area contributed by atoms with Crippen LogP contribution in [0.5, 0.6) is 0 Å². The van der Waals surface area contributed by atoms with E-state index < -0.39 is 0 Å². The number of hydrogen-bond acceptors (Lipinski definition) is 3. The molecular formula is C11H14N4. The molecule has 2 aromatic rings. The second-order valence-corrected chi connectivity index (χ2v) is 3.63. The molecule has 0 saturated heterocycles. The smallest absolute Gasteiger partial charge is 0.150 e. The fraction of sp³-hybridized carbons (Fsp3) is 0.182. The first-order valence-corrected chi connectivity index (χ1v) is 4.76. The van der Waals surface area contributed by atoms with Crippen LogP contribution in [-0.4, -0.2) is 9.66 Å². The molecule has 0 aliphatic rings. The van der Waals surface area contributed by atoms with Crippen molar-refractivity contribution in [1.82, 2.24) is 9.66 Å². The molecule has 2 rings (SSSR count). The molecule has 1 aromatic heterocycles. The zero-order valence-corrected chi connectivity index (χ0v) is 8.86. The van der Waals surface area contributed by atoms with Crippen molar-refractivity contribution < 1.29 is 0 Å². The Balaban J connectivity index is 2.59. The molecule has 15 heavy (non-hydrogen) atoms. The van der Waals surface area contributed by atoms with Gasteiger partial charge in [-0.3, -0.25) is 0 Å². The maximum atomic E-state index is 5.86. The molecule has 0 amide bonds. The Morgan fingerprint density at radius 2 is 2.00 bits per heavy atom. The van der Waals surface area contributed by atoms with Gasteiger partial charge in [0, 0.05) is 5.56 Å². The Morgan fingerprint density at radius 3 is 2.53 bits per heavy atom. The number of hydrogen-bond donors (Lipinski definition) is 2. The van der Waals surface area contributed by atoms with Gasteiger partial charge in [0.05, 0.1) is 0 Å². The summed E-state index contributed by atoms with van der Waals surface area (Å²) in [6.45, 7) is 3.86. The van der Waals surface area contributed by atoms with Gasteiger partial charge in [-0.05, 0) is 19.9 Å². The number of benzene rings is 1. The highest BCUT2D eigenvalue weighted by Gasteiger charge is 2.11. The molecular weight excluding hydrogens is 188 g/mol. The van der Waals surface area contributed by atoms with Gasteiger partial charge in [0.25, 0.3) is 0 Å². The second kappa shape index (κ2) is 3.31. The zero-order chi connectivity index (χ0) is 11.0. The van der Waals surface area contributed by atoms with Crippen LogP contribution in [0.1, 0.15) is 11.4 Å². The van der Waals surface area contributed by atoms with E-state index in [9.17, 15) is 0 Å². The van der Waals surface area contributed by atoms with Gasteiger partial charge in [-0.15, -0.1) is 0 Å². The number of nitrogen functional groups attached to an aromatic ring is 2. The van der Waals surface area contributed by atoms with Gasteiger partial charge in [-0.1, -0.05) is 23.8 Å². The van der Waals surface area contributed by atoms with Crippen molar-refractivity contribution in [2.24, 2.45) is 0 Å². The summed E-state index contributed by atoms with van der Waals surface area (Å²) in [6.07, 6.45) is 0. The average Bonchev–Trinajstić information content (AvgIpc) is 2.46. The summed E-state index contributed by atoms with van der Waals surface area (Å²) in [6, 6.07) is 8.03. The summed E-state index contributed by atoms with van der Waals surface area (Å²) >= 11 is 0. The molecule has 0 aliphatic heterocycles. The lowest BCUT2D eigenvalue weighted by molar-refractivity contribution is 0.937. The molecule has 4 heteroatoms. The lowest BCUT2D eigenvalue weighted by atomic mass is 10.1. The van der Waals surface area contributed by atoms with Crippen LogP contribution >= 0.6 is 0 Å². The van der Waals surface area contributed by atoms with Crippen LogP contribution in [0.25, 0.3) is 11.3 Å². The van der Waals surface area contributed by atoms with Crippen LogP contribution in [0.3, 0.4) is 0 Å². The minimum absolute atomic E-state index is 0.498. The first-order valence-electron chi connectivity index (χ1n) is 4.76. The first-order chi connectivity index (χ1) is 7.09. The summed E-state index contributed by atoms with van der Waals surface area (Å²) < 4.78 is 1.40. The third-order valence-corrected chi connectivity index (χ3v) is 2.42. The zero-order valence-electron chi connectivity index (χ0n) is 8.86. The average molecular weight is 202 g/mol. The van der Waals surface area contributed by atoms with Gasteiger partial charge in [0.15, 0.2) is 5.82 Å². The van der Waals surface area contributed by atoms with E-state index in [0.717, 1.165) is 11.3 Å². The molecule has 0 fully saturated rings. The molecule has 0 spiro atoms. The fourth-order valence-electron chi connectivity index (χ4n) is 1.57. The van der Waals surface area contributed by atoms with Crippen molar-refractivity contribution in [3.8, 4) is 11.3 Å². The van der Waals surface area contributed by atoms with Crippen LogP contribution < -0.4 is 11.6 Å². The van der Waals surface area contributed by atoms with Gasteiger partial charge in [-0.25, -0.2) is 9.66 Å². The van der Waals surface area contributed by atoms with Crippen LogP contribution in [0.2, 0.25) is 0 Å². The Labute approximate surface area is 88.5 Å². The van der Waals surface area contributed by atoms with Crippen LogP contribution in [0.15, 0.2) is 24.3 Å². The maximum Gasteiger partial charge on any atom is 0.150 e. The van der Waals surface area contributed by atoms with E-state index in [-0.39, 0.29) is 0 Å². The number of nitrogens with zero attached hydrogens (tertiary/aromatic N) is 2. The number of rotatable bonds is 1. The Morgan fingerprint density at radius 1 is 1.27 bits per heavy atom. The van der Waals surface area contributed by atoms with Crippen molar-refractivity contribution in [3.63, 3.8) is 0 Å². The lowest BCUT2D eigenvalue weighted by Crippen LogP contribution is -2.13. The molecule has 1 heterocycles. The standard InChI is InChI=1S/C11H14N4/c1-7-4-3-5-9(6-7)10-11(12)15(13)8(2)14-10/h3-6H,12-13H2,1-2H3. The summed E-state index contributed by atoms with van der Waals surface area (Å²) in [5.41, 5.74) is 8.79.